The lowest BCUT2D eigenvalue weighted by Crippen LogP contribution is -2.71. The molecule has 0 aliphatic carbocycles. The summed E-state index contributed by atoms with van der Waals surface area (Å²) in [6, 6.07) is 4.65. The Morgan fingerprint density at radius 2 is 2.15 bits per heavy atom. The molecule has 0 unspecified atom stereocenters. The summed E-state index contributed by atoms with van der Waals surface area (Å²) in [7, 11) is 1.24. The number of β-lactam (4-membered cyclic amide) rings is 1. The Kier molecular flexibility index (Phi) is 7.54. The Balaban J connectivity index is 1.33. The molecule has 1 saturated heterocycles. The van der Waals surface area contributed by atoms with Crippen LogP contribution in [0.4, 0.5) is 5.13 Å². The molecule has 0 spiro atoms. The fourth-order valence-corrected chi connectivity index (χ4v) is 6.39. The van der Waals surface area contributed by atoms with Gasteiger partial charge in [-0.25, -0.2) is 14.0 Å². The number of carboxylic acid groups (broad SMARTS) is 1. The number of imidazole rings is 1. The third-order valence-corrected chi connectivity index (χ3v) is 8.31. The molecule has 13 nitrogen and oxygen atoms in total. The van der Waals surface area contributed by atoms with E-state index in [1.54, 1.807) is 0 Å². The van der Waals surface area contributed by atoms with E-state index in [1.807, 2.05) is 45.8 Å². The highest BCUT2D eigenvalue weighted by atomic mass is 35.5. The van der Waals surface area contributed by atoms with Gasteiger partial charge < -0.3 is 25.4 Å². The average molecular weight is 590 g/mol. The Morgan fingerprint density at radius 3 is 2.90 bits per heavy atom. The first-order valence-electron chi connectivity index (χ1n) is 11.4. The number of thiazole rings is 1. The molecule has 3 aromatic heterocycles. The van der Waals surface area contributed by atoms with Crippen LogP contribution in [0.25, 0.3) is 5.65 Å². The summed E-state index contributed by atoms with van der Waals surface area (Å²) in [6.45, 7) is 0.251. The summed E-state index contributed by atoms with van der Waals surface area (Å²) in [5, 5.41) is 22.0. The highest BCUT2D eigenvalue weighted by Crippen LogP contribution is 2.40. The molecule has 0 saturated carbocycles. The van der Waals surface area contributed by atoms with Gasteiger partial charge in [0, 0.05) is 22.8 Å². The van der Waals surface area contributed by atoms with Crippen LogP contribution >= 0.6 is 34.7 Å². The second-order valence-electron chi connectivity index (χ2n) is 8.33. The normalized spacial score (nSPS) is 19.0. The number of nitrogens with one attached hydrogen (secondary N) is 2. The summed E-state index contributed by atoms with van der Waals surface area (Å²) in [5.74, 6) is -3.23. The number of hydrogen-bond donors (Lipinski definition) is 2. The lowest BCUT2D eigenvalue weighted by molar-refractivity contribution is -0.662. The lowest BCUT2D eigenvalue weighted by atomic mass is 10.0. The Morgan fingerprint density at radius 1 is 1.33 bits per heavy atom. The predicted molar refractivity (Wildman–Crippen MR) is 140 cm³/mol. The molecule has 2 aliphatic rings. The van der Waals surface area contributed by atoms with Crippen molar-refractivity contribution in [2.24, 2.45) is 5.16 Å². The van der Waals surface area contributed by atoms with Gasteiger partial charge in [0.05, 0.1) is 17.9 Å². The molecule has 3 amide bonds. The molecule has 202 valence electrons. The van der Waals surface area contributed by atoms with Crippen LogP contribution in [0.1, 0.15) is 5.69 Å². The molecule has 5 rings (SSSR count). The van der Waals surface area contributed by atoms with E-state index in [2.05, 4.69) is 20.8 Å². The predicted octanol–water partition coefficient (Wildman–Crippen LogP) is -0.685. The highest BCUT2D eigenvalue weighted by molar-refractivity contribution is 8.00. The minimum Gasteiger partial charge on any atom is -0.543 e. The van der Waals surface area contributed by atoms with Gasteiger partial charge in [0.25, 0.3) is 17.5 Å². The number of oxime groups is 1. The molecule has 1 fully saturated rings. The van der Waals surface area contributed by atoms with Crippen molar-refractivity contribution in [2.45, 2.75) is 18.0 Å². The van der Waals surface area contributed by atoms with Crippen LogP contribution in [0.5, 0.6) is 0 Å². The number of alkyl halides is 1. The van der Waals surface area contributed by atoms with Gasteiger partial charge in [-0.3, -0.25) is 19.3 Å². The third kappa shape index (κ3) is 5.07. The number of carbonyl (C=O) groups excluding carboxylic acids is 4. The van der Waals surface area contributed by atoms with Crippen LogP contribution in [0, 0.1) is 0 Å². The van der Waals surface area contributed by atoms with Gasteiger partial charge in [-0.2, -0.15) is 0 Å². The van der Waals surface area contributed by atoms with Crippen molar-refractivity contribution in [3.05, 3.63) is 59.1 Å². The summed E-state index contributed by atoms with van der Waals surface area (Å²) < 4.78 is 3.78. The second-order valence-corrected chi connectivity index (χ2v) is 10.6. The number of carboxylic acids is 1. The monoisotopic (exact) mass is 589 g/mol. The van der Waals surface area contributed by atoms with Gasteiger partial charge in [0.2, 0.25) is 5.91 Å². The maximum atomic E-state index is 13.1. The van der Waals surface area contributed by atoms with Gasteiger partial charge in [-0.05, 0) is 6.07 Å². The van der Waals surface area contributed by atoms with E-state index < -0.39 is 35.1 Å². The fourth-order valence-electron chi connectivity index (χ4n) is 4.28. The van der Waals surface area contributed by atoms with Crippen molar-refractivity contribution in [3.8, 4) is 0 Å². The van der Waals surface area contributed by atoms with Crippen molar-refractivity contribution in [1.29, 1.82) is 0 Å². The molecule has 2 atom stereocenters. The first-order valence-corrected chi connectivity index (χ1v) is 13.9. The molecule has 0 aromatic carbocycles. The first-order chi connectivity index (χ1) is 18.8. The van der Waals surface area contributed by atoms with Gasteiger partial charge in [-0.1, -0.05) is 11.2 Å². The summed E-state index contributed by atoms with van der Waals surface area (Å²) in [5.41, 5.74) is 1.07. The van der Waals surface area contributed by atoms with E-state index in [1.165, 1.54) is 24.3 Å². The Hall–Kier alpha value is -3.95. The first kappa shape index (κ1) is 26.6. The molecular formula is C23H20ClN7O6S2. The molecule has 0 bridgehead atoms. The maximum Gasteiger partial charge on any atom is 0.286 e. The molecule has 5 heterocycles. The smallest absolute Gasteiger partial charge is 0.286 e. The third-order valence-electron chi connectivity index (χ3n) is 5.97. The minimum absolute atomic E-state index is 0.110. The van der Waals surface area contributed by atoms with Gasteiger partial charge in [0.1, 0.15) is 49.0 Å². The van der Waals surface area contributed by atoms with Crippen molar-refractivity contribution in [3.63, 3.8) is 0 Å². The van der Waals surface area contributed by atoms with E-state index in [4.69, 9.17) is 16.4 Å². The van der Waals surface area contributed by atoms with Crippen LogP contribution in [0.15, 0.2) is 58.6 Å². The van der Waals surface area contributed by atoms with Gasteiger partial charge >= 0.3 is 0 Å². The largest absolute Gasteiger partial charge is 0.543 e. The maximum absolute atomic E-state index is 13.1. The number of nitrogens with zero attached hydrogens (tertiary/aromatic N) is 5. The number of aromatic nitrogens is 3. The van der Waals surface area contributed by atoms with Gasteiger partial charge in [0.15, 0.2) is 10.8 Å². The van der Waals surface area contributed by atoms with E-state index in [9.17, 15) is 24.3 Å². The van der Waals surface area contributed by atoms with E-state index >= 15 is 0 Å². The number of aliphatic carboxylic acids is 1. The zero-order valence-corrected chi connectivity index (χ0v) is 22.6. The summed E-state index contributed by atoms with van der Waals surface area (Å²) in [6.07, 6.45) is 5.56. The molecule has 16 heteroatoms. The molecular weight excluding hydrogens is 570 g/mol. The van der Waals surface area contributed by atoms with E-state index in [-0.39, 0.29) is 34.7 Å². The van der Waals surface area contributed by atoms with Crippen molar-refractivity contribution in [2.75, 3.05) is 24.1 Å². The number of rotatable bonds is 9. The number of thioether (sulfide) groups is 1. The quantitative estimate of drug-likeness (QED) is 0.109. The number of anilines is 1. The van der Waals surface area contributed by atoms with Crippen molar-refractivity contribution < 1.29 is 33.7 Å². The van der Waals surface area contributed by atoms with Crippen molar-refractivity contribution in [1.82, 2.24) is 19.6 Å². The van der Waals surface area contributed by atoms with Crippen LogP contribution in [0.2, 0.25) is 0 Å². The number of carbonyl (C=O) groups is 4. The number of amides is 3. The molecule has 0 radical (unpaired) electrons. The van der Waals surface area contributed by atoms with Crippen LogP contribution in [-0.2, 0) is 30.6 Å². The average Bonchev–Trinajstić information content (AvgIpc) is 3.56. The standard InChI is InChI=1S/C23H20ClN7O6S2/c1-37-28-16(13-11-39-23(25-13)26-14(32)8-24)19(33)27-17-20(34)31-18(22(35)36)12(10-38-21(17)31)9-30-7-6-29-5-3-2-4-15(29)30/h2-7,11,17,21H,8-10H2,1H3,(H2-,25,26,27,32,33,35,36)/b28-16-/t17-,21-/m1/s1. The topological polar surface area (TPSA) is 161 Å². The van der Waals surface area contributed by atoms with E-state index in [0.717, 1.165) is 21.9 Å². The second kappa shape index (κ2) is 11.0. The van der Waals surface area contributed by atoms with Crippen LogP contribution in [0.3, 0.4) is 0 Å². The number of pyridine rings is 1. The SMILES string of the molecule is CO/N=C(\C(=O)N[C@@H]1C(=O)N2C(C(=O)[O-])=C(C[n+]3ccn4ccccc43)CS[C@H]12)c1csc(NC(=O)CCl)n1. The molecule has 39 heavy (non-hydrogen) atoms. The number of fused-ring (bicyclic) bond motifs is 2. The van der Waals surface area contributed by atoms with Crippen molar-refractivity contribution >= 4 is 74.9 Å². The zero-order valence-electron chi connectivity index (χ0n) is 20.2. The summed E-state index contributed by atoms with van der Waals surface area (Å²) >= 11 is 7.87. The van der Waals surface area contributed by atoms with E-state index in [0.29, 0.717) is 11.3 Å². The fraction of sp³-hybridized carbons (Fsp3) is 0.261. The van der Waals surface area contributed by atoms with Crippen LogP contribution in [-0.4, -0.2) is 73.8 Å². The number of halogens is 1. The Labute approximate surface area is 234 Å². The summed E-state index contributed by atoms with van der Waals surface area (Å²) in [4.78, 5) is 59.9. The molecule has 2 aliphatic heterocycles. The Bertz CT molecular complexity index is 1550. The lowest BCUT2D eigenvalue weighted by Gasteiger charge is -2.50. The minimum atomic E-state index is -1.46. The van der Waals surface area contributed by atoms with Crippen LogP contribution < -0.4 is 20.3 Å². The molecule has 2 N–H and O–H groups in total. The van der Waals surface area contributed by atoms with Gasteiger partial charge in [-0.15, -0.1) is 34.7 Å². The zero-order chi connectivity index (χ0) is 27.7. The molecule has 3 aromatic rings. The number of hydrogen-bond acceptors (Lipinski definition) is 10. The highest BCUT2D eigenvalue weighted by Gasteiger charge is 2.53.